The van der Waals surface area contributed by atoms with Gasteiger partial charge in [-0.2, -0.15) is 0 Å². The first kappa shape index (κ1) is 9.01. The normalized spacial score (nSPS) is 33.5. The van der Waals surface area contributed by atoms with Gasteiger partial charge in [-0.1, -0.05) is 20.8 Å². The van der Waals surface area contributed by atoms with Crippen LogP contribution in [0.2, 0.25) is 0 Å². The van der Waals surface area contributed by atoms with Crippen molar-refractivity contribution in [2.75, 3.05) is 13.1 Å². The molecule has 0 bridgehead atoms. The minimum atomic E-state index is -0.0812. The smallest absolute Gasteiger partial charge is 0.0682 e. The first-order valence-corrected chi connectivity index (χ1v) is 4.57. The molecule has 0 amide bonds. The summed E-state index contributed by atoms with van der Waals surface area (Å²) in [4.78, 5) is 2.37. The van der Waals surface area contributed by atoms with Gasteiger partial charge in [0.25, 0.3) is 0 Å². The Morgan fingerprint density at radius 3 is 2.55 bits per heavy atom. The molecule has 1 fully saturated rings. The van der Waals surface area contributed by atoms with Gasteiger partial charge in [0, 0.05) is 12.6 Å². The minimum Gasteiger partial charge on any atom is -0.392 e. The SMILES string of the molecule is CCN1C[C@H](O)C[C@H]1C(C)C. The van der Waals surface area contributed by atoms with Crippen LogP contribution in [0.25, 0.3) is 0 Å². The van der Waals surface area contributed by atoms with Crippen molar-refractivity contribution in [1.29, 1.82) is 0 Å². The minimum absolute atomic E-state index is 0.0812. The summed E-state index contributed by atoms with van der Waals surface area (Å²) >= 11 is 0. The topological polar surface area (TPSA) is 23.5 Å². The van der Waals surface area contributed by atoms with Crippen LogP contribution in [0.3, 0.4) is 0 Å². The maximum Gasteiger partial charge on any atom is 0.0682 e. The van der Waals surface area contributed by atoms with Crippen molar-refractivity contribution in [3.63, 3.8) is 0 Å². The van der Waals surface area contributed by atoms with E-state index in [1.165, 1.54) is 0 Å². The fourth-order valence-corrected chi connectivity index (χ4v) is 1.97. The summed E-state index contributed by atoms with van der Waals surface area (Å²) in [5.41, 5.74) is 0. The lowest BCUT2D eigenvalue weighted by molar-refractivity contribution is 0.175. The number of likely N-dealkylation sites (tertiary alicyclic amines) is 1. The molecule has 0 aromatic carbocycles. The van der Waals surface area contributed by atoms with Crippen molar-refractivity contribution in [1.82, 2.24) is 4.90 Å². The summed E-state index contributed by atoms with van der Waals surface area (Å²) in [5, 5.41) is 9.41. The van der Waals surface area contributed by atoms with Gasteiger partial charge >= 0.3 is 0 Å². The van der Waals surface area contributed by atoms with E-state index < -0.39 is 0 Å². The third-order valence-electron chi connectivity index (χ3n) is 2.60. The average Bonchev–Trinajstić information content (AvgIpc) is 2.30. The number of β-amino-alcohol motifs (C(OH)–C–C–N with tert-alkyl or cyclic N) is 1. The Balaban J connectivity index is 2.50. The van der Waals surface area contributed by atoms with Crippen LogP contribution >= 0.6 is 0 Å². The molecule has 1 aliphatic heterocycles. The summed E-state index contributed by atoms with van der Waals surface area (Å²) in [5.74, 6) is 0.673. The van der Waals surface area contributed by atoms with Crippen molar-refractivity contribution in [3.8, 4) is 0 Å². The quantitative estimate of drug-likeness (QED) is 0.649. The molecule has 2 nitrogen and oxygen atoms in total. The number of nitrogens with zero attached hydrogens (tertiary/aromatic N) is 1. The van der Waals surface area contributed by atoms with E-state index in [1.807, 2.05) is 0 Å². The van der Waals surface area contributed by atoms with E-state index in [0.717, 1.165) is 19.5 Å². The maximum absolute atomic E-state index is 9.41. The lowest BCUT2D eigenvalue weighted by Gasteiger charge is -2.25. The van der Waals surface area contributed by atoms with Crippen LogP contribution < -0.4 is 0 Å². The van der Waals surface area contributed by atoms with Crippen LogP contribution in [-0.4, -0.2) is 35.2 Å². The summed E-state index contributed by atoms with van der Waals surface area (Å²) in [6.07, 6.45) is 0.883. The number of likely N-dealkylation sites (N-methyl/N-ethyl adjacent to an activating group) is 1. The largest absolute Gasteiger partial charge is 0.392 e. The van der Waals surface area contributed by atoms with Crippen molar-refractivity contribution in [2.45, 2.75) is 39.3 Å². The van der Waals surface area contributed by atoms with Gasteiger partial charge in [0.15, 0.2) is 0 Å². The van der Waals surface area contributed by atoms with E-state index in [9.17, 15) is 5.11 Å². The lowest BCUT2D eigenvalue weighted by atomic mass is 10.0. The summed E-state index contributed by atoms with van der Waals surface area (Å²) in [6.45, 7) is 8.56. The number of rotatable bonds is 2. The Kier molecular flexibility index (Phi) is 2.90. The van der Waals surface area contributed by atoms with Crippen molar-refractivity contribution in [2.24, 2.45) is 5.92 Å². The molecule has 66 valence electrons. The molecule has 0 aromatic heterocycles. The molecule has 0 radical (unpaired) electrons. The first-order valence-electron chi connectivity index (χ1n) is 4.57. The summed E-state index contributed by atoms with van der Waals surface area (Å²) in [6, 6.07) is 0.606. The van der Waals surface area contributed by atoms with Gasteiger partial charge in [-0.05, 0) is 18.9 Å². The highest BCUT2D eigenvalue weighted by Gasteiger charge is 2.31. The molecule has 2 heteroatoms. The van der Waals surface area contributed by atoms with Crippen molar-refractivity contribution < 1.29 is 5.11 Å². The van der Waals surface area contributed by atoms with Gasteiger partial charge in [-0.3, -0.25) is 4.90 Å². The van der Waals surface area contributed by atoms with E-state index in [4.69, 9.17) is 0 Å². The Morgan fingerprint density at radius 1 is 1.55 bits per heavy atom. The van der Waals surface area contributed by atoms with E-state index in [2.05, 4.69) is 25.7 Å². The fraction of sp³-hybridized carbons (Fsp3) is 1.00. The maximum atomic E-state index is 9.41. The van der Waals surface area contributed by atoms with Crippen molar-refractivity contribution >= 4 is 0 Å². The molecule has 0 unspecified atom stereocenters. The van der Waals surface area contributed by atoms with Gasteiger partial charge in [0.2, 0.25) is 0 Å². The molecule has 0 aliphatic carbocycles. The van der Waals surface area contributed by atoms with Gasteiger partial charge in [0.05, 0.1) is 6.10 Å². The third-order valence-corrected chi connectivity index (χ3v) is 2.60. The Bertz CT molecular complexity index is 125. The lowest BCUT2D eigenvalue weighted by Crippen LogP contribution is -2.33. The Morgan fingerprint density at radius 2 is 2.18 bits per heavy atom. The van der Waals surface area contributed by atoms with Crippen LogP contribution in [0.15, 0.2) is 0 Å². The Labute approximate surface area is 69.2 Å². The fourth-order valence-electron chi connectivity index (χ4n) is 1.97. The van der Waals surface area contributed by atoms with Gasteiger partial charge < -0.3 is 5.11 Å². The molecule has 11 heavy (non-hydrogen) atoms. The molecule has 1 saturated heterocycles. The highest BCUT2D eigenvalue weighted by molar-refractivity contribution is 4.85. The molecule has 0 spiro atoms. The van der Waals surface area contributed by atoms with Gasteiger partial charge in [-0.15, -0.1) is 0 Å². The van der Waals surface area contributed by atoms with Crippen LogP contribution in [0.1, 0.15) is 27.2 Å². The van der Waals surface area contributed by atoms with Gasteiger partial charge in [0.1, 0.15) is 0 Å². The molecule has 1 aliphatic rings. The third kappa shape index (κ3) is 1.94. The second-order valence-corrected chi connectivity index (χ2v) is 3.79. The predicted molar refractivity (Wildman–Crippen MR) is 46.5 cm³/mol. The average molecular weight is 157 g/mol. The molecule has 2 atom stereocenters. The predicted octanol–water partition coefficient (Wildman–Crippen LogP) is 1.10. The molecule has 1 N–H and O–H groups in total. The number of aliphatic hydroxyl groups excluding tert-OH is 1. The van der Waals surface area contributed by atoms with Crippen LogP contribution in [-0.2, 0) is 0 Å². The molecule has 1 rings (SSSR count). The van der Waals surface area contributed by atoms with Gasteiger partial charge in [-0.25, -0.2) is 0 Å². The number of hydrogen-bond acceptors (Lipinski definition) is 2. The Hall–Kier alpha value is -0.0800. The molecule has 0 saturated carbocycles. The molecular weight excluding hydrogens is 138 g/mol. The highest BCUT2D eigenvalue weighted by atomic mass is 16.3. The molecular formula is C9H19NO. The van der Waals surface area contributed by atoms with E-state index in [1.54, 1.807) is 0 Å². The monoisotopic (exact) mass is 157 g/mol. The zero-order chi connectivity index (χ0) is 8.43. The molecule has 0 aromatic rings. The summed E-state index contributed by atoms with van der Waals surface area (Å²) in [7, 11) is 0. The number of hydrogen-bond donors (Lipinski definition) is 1. The van der Waals surface area contributed by atoms with Crippen LogP contribution in [0.5, 0.6) is 0 Å². The first-order chi connectivity index (χ1) is 5.15. The second-order valence-electron chi connectivity index (χ2n) is 3.79. The van der Waals surface area contributed by atoms with E-state index >= 15 is 0 Å². The zero-order valence-electron chi connectivity index (χ0n) is 7.75. The second kappa shape index (κ2) is 3.55. The standard InChI is InChI=1S/C9H19NO/c1-4-10-6-8(11)5-9(10)7(2)3/h7-9,11H,4-6H2,1-3H3/t8-,9+/m1/s1. The van der Waals surface area contributed by atoms with E-state index in [0.29, 0.717) is 12.0 Å². The van der Waals surface area contributed by atoms with E-state index in [-0.39, 0.29) is 6.10 Å². The summed E-state index contributed by atoms with van der Waals surface area (Å²) < 4.78 is 0. The van der Waals surface area contributed by atoms with Crippen LogP contribution in [0, 0.1) is 5.92 Å². The zero-order valence-corrected chi connectivity index (χ0v) is 7.75. The highest BCUT2D eigenvalue weighted by Crippen LogP contribution is 2.23. The van der Waals surface area contributed by atoms with Crippen molar-refractivity contribution in [3.05, 3.63) is 0 Å². The molecule has 1 heterocycles. The van der Waals surface area contributed by atoms with Crippen LogP contribution in [0.4, 0.5) is 0 Å². The number of aliphatic hydroxyl groups is 1.